The number of anilines is 2. The van der Waals surface area contributed by atoms with Gasteiger partial charge in [-0.3, -0.25) is 13.9 Å². The van der Waals surface area contributed by atoms with E-state index in [1.54, 1.807) is 23.1 Å². The SMILES string of the molecule is CS(=O)(=O)N(CC(=O)Nc1ccccc1C(=O)N1CCOCC1)c1ccc(F)c(F)c1. The molecule has 3 rings (SSSR count). The lowest BCUT2D eigenvalue weighted by Gasteiger charge is -2.27. The first-order valence-corrected chi connectivity index (χ1v) is 11.2. The number of carbonyl (C=O) groups is 2. The van der Waals surface area contributed by atoms with Gasteiger partial charge >= 0.3 is 0 Å². The fourth-order valence-corrected chi connectivity index (χ4v) is 3.92. The van der Waals surface area contributed by atoms with Crippen molar-refractivity contribution in [2.75, 3.05) is 48.7 Å². The highest BCUT2D eigenvalue weighted by Gasteiger charge is 2.25. The molecule has 1 saturated heterocycles. The Morgan fingerprint density at radius 1 is 1.10 bits per heavy atom. The van der Waals surface area contributed by atoms with Gasteiger partial charge in [-0.1, -0.05) is 12.1 Å². The van der Waals surface area contributed by atoms with Crippen LogP contribution in [0.4, 0.5) is 20.2 Å². The molecule has 0 radical (unpaired) electrons. The number of para-hydroxylation sites is 1. The second kappa shape index (κ2) is 9.40. The van der Waals surface area contributed by atoms with Crippen molar-refractivity contribution in [1.82, 2.24) is 4.90 Å². The Bertz CT molecular complexity index is 1090. The summed E-state index contributed by atoms with van der Waals surface area (Å²) in [7, 11) is -3.98. The maximum atomic E-state index is 13.6. The molecule has 0 saturated carbocycles. The lowest BCUT2D eigenvalue weighted by atomic mass is 10.1. The zero-order chi connectivity index (χ0) is 22.6. The summed E-state index contributed by atoms with van der Waals surface area (Å²) in [5.41, 5.74) is 0.258. The number of halogens is 2. The van der Waals surface area contributed by atoms with Crippen LogP contribution in [-0.4, -0.2) is 64.2 Å². The van der Waals surface area contributed by atoms with Crippen LogP contribution in [0.5, 0.6) is 0 Å². The van der Waals surface area contributed by atoms with Gasteiger partial charge < -0.3 is 15.0 Å². The first-order valence-electron chi connectivity index (χ1n) is 9.35. The summed E-state index contributed by atoms with van der Waals surface area (Å²) >= 11 is 0. The fourth-order valence-electron chi connectivity index (χ4n) is 3.08. The van der Waals surface area contributed by atoms with Gasteiger partial charge in [-0.05, 0) is 24.3 Å². The highest BCUT2D eigenvalue weighted by atomic mass is 32.2. The lowest BCUT2D eigenvalue weighted by Crippen LogP contribution is -2.41. The van der Waals surface area contributed by atoms with Crippen molar-refractivity contribution >= 4 is 33.2 Å². The van der Waals surface area contributed by atoms with Crippen molar-refractivity contribution in [2.45, 2.75) is 0 Å². The largest absolute Gasteiger partial charge is 0.378 e. The first-order chi connectivity index (χ1) is 14.7. The molecule has 0 spiro atoms. The summed E-state index contributed by atoms with van der Waals surface area (Å²) in [4.78, 5) is 27.0. The number of ether oxygens (including phenoxy) is 1. The average Bonchev–Trinajstić information content (AvgIpc) is 2.74. The number of nitrogens with zero attached hydrogens (tertiary/aromatic N) is 2. The van der Waals surface area contributed by atoms with Crippen LogP contribution in [-0.2, 0) is 19.6 Å². The van der Waals surface area contributed by atoms with E-state index < -0.39 is 34.1 Å². The van der Waals surface area contributed by atoms with Crippen LogP contribution in [0.3, 0.4) is 0 Å². The first kappa shape index (κ1) is 22.6. The molecule has 8 nitrogen and oxygen atoms in total. The molecule has 2 amide bonds. The smallest absolute Gasteiger partial charge is 0.256 e. The molecular weight excluding hydrogens is 432 g/mol. The maximum Gasteiger partial charge on any atom is 0.256 e. The summed E-state index contributed by atoms with van der Waals surface area (Å²) < 4.78 is 57.0. The number of sulfonamides is 1. The molecular formula is C20H21F2N3O5S. The number of nitrogens with one attached hydrogen (secondary N) is 1. The van der Waals surface area contributed by atoms with Crippen LogP contribution >= 0.6 is 0 Å². The maximum absolute atomic E-state index is 13.6. The molecule has 0 unspecified atom stereocenters. The molecule has 0 aliphatic carbocycles. The standard InChI is InChI=1S/C20H21F2N3O5S/c1-31(28,29)25(14-6-7-16(21)17(22)12-14)13-19(26)23-18-5-3-2-4-15(18)20(27)24-8-10-30-11-9-24/h2-7,12H,8-11,13H2,1H3,(H,23,26). The van der Waals surface area contributed by atoms with E-state index in [0.717, 1.165) is 18.4 Å². The number of rotatable bonds is 6. The van der Waals surface area contributed by atoms with Gasteiger partial charge in [0.25, 0.3) is 5.91 Å². The second-order valence-corrected chi connectivity index (χ2v) is 8.77. The van der Waals surface area contributed by atoms with Crippen molar-refractivity contribution in [3.63, 3.8) is 0 Å². The molecule has 1 aliphatic rings. The summed E-state index contributed by atoms with van der Waals surface area (Å²) in [6, 6.07) is 8.87. The predicted molar refractivity (Wildman–Crippen MR) is 110 cm³/mol. The minimum atomic E-state index is -3.98. The van der Waals surface area contributed by atoms with E-state index in [1.165, 1.54) is 6.07 Å². The van der Waals surface area contributed by atoms with Gasteiger partial charge in [0.2, 0.25) is 15.9 Å². The van der Waals surface area contributed by atoms with Crippen LogP contribution in [0.15, 0.2) is 42.5 Å². The summed E-state index contributed by atoms with van der Waals surface area (Å²) in [5.74, 6) is -3.43. The monoisotopic (exact) mass is 453 g/mol. The number of carbonyl (C=O) groups excluding carboxylic acids is 2. The molecule has 0 atom stereocenters. The highest BCUT2D eigenvalue weighted by Crippen LogP contribution is 2.22. The van der Waals surface area contributed by atoms with Gasteiger partial charge in [0.1, 0.15) is 6.54 Å². The normalized spacial score (nSPS) is 14.2. The number of benzene rings is 2. The number of hydrogen-bond acceptors (Lipinski definition) is 5. The Kier molecular flexibility index (Phi) is 6.86. The molecule has 0 bridgehead atoms. The highest BCUT2D eigenvalue weighted by molar-refractivity contribution is 7.92. The van der Waals surface area contributed by atoms with Gasteiger partial charge in [-0.15, -0.1) is 0 Å². The number of amides is 2. The Labute approximate surface area is 178 Å². The second-order valence-electron chi connectivity index (χ2n) is 6.87. The summed E-state index contributed by atoms with van der Waals surface area (Å²) in [6.45, 7) is 0.970. The van der Waals surface area contributed by atoms with Crippen LogP contribution in [0.2, 0.25) is 0 Å². The van der Waals surface area contributed by atoms with E-state index in [9.17, 15) is 26.8 Å². The van der Waals surface area contributed by atoms with Crippen LogP contribution in [0, 0.1) is 11.6 Å². The third-order valence-electron chi connectivity index (χ3n) is 4.61. The molecule has 1 aliphatic heterocycles. The van der Waals surface area contributed by atoms with E-state index >= 15 is 0 Å². The Balaban J connectivity index is 1.80. The van der Waals surface area contributed by atoms with E-state index in [1.807, 2.05) is 0 Å². The molecule has 11 heteroatoms. The van der Waals surface area contributed by atoms with Crippen molar-refractivity contribution in [3.05, 3.63) is 59.7 Å². The topological polar surface area (TPSA) is 96.0 Å². The number of morpholine rings is 1. The van der Waals surface area contributed by atoms with Crippen LogP contribution in [0.1, 0.15) is 10.4 Å². The van der Waals surface area contributed by atoms with Crippen molar-refractivity contribution in [2.24, 2.45) is 0 Å². The van der Waals surface area contributed by atoms with E-state index in [2.05, 4.69) is 5.32 Å². The average molecular weight is 453 g/mol. The minimum absolute atomic E-state index is 0.200. The van der Waals surface area contributed by atoms with Gasteiger partial charge in [-0.25, -0.2) is 17.2 Å². The quantitative estimate of drug-likeness (QED) is 0.720. The molecule has 2 aromatic carbocycles. The molecule has 2 aromatic rings. The van der Waals surface area contributed by atoms with Crippen LogP contribution < -0.4 is 9.62 Å². The van der Waals surface area contributed by atoms with Gasteiger partial charge in [0, 0.05) is 19.2 Å². The molecule has 1 fully saturated rings. The zero-order valence-corrected chi connectivity index (χ0v) is 17.5. The summed E-state index contributed by atoms with van der Waals surface area (Å²) in [6.07, 6.45) is 0.845. The van der Waals surface area contributed by atoms with Crippen molar-refractivity contribution in [3.8, 4) is 0 Å². The minimum Gasteiger partial charge on any atom is -0.378 e. The van der Waals surface area contributed by atoms with Crippen LogP contribution in [0.25, 0.3) is 0 Å². The van der Waals surface area contributed by atoms with Crippen molar-refractivity contribution < 1.29 is 31.5 Å². The zero-order valence-electron chi connectivity index (χ0n) is 16.7. The number of hydrogen-bond donors (Lipinski definition) is 1. The predicted octanol–water partition coefficient (Wildman–Crippen LogP) is 1.84. The summed E-state index contributed by atoms with van der Waals surface area (Å²) in [5, 5.41) is 2.54. The van der Waals surface area contributed by atoms with Gasteiger partial charge in [0.05, 0.1) is 36.4 Å². The Hall–Kier alpha value is -3.05. The van der Waals surface area contributed by atoms with E-state index in [-0.39, 0.29) is 22.8 Å². The molecule has 166 valence electrons. The Morgan fingerprint density at radius 2 is 1.77 bits per heavy atom. The third kappa shape index (κ3) is 5.56. The fraction of sp³-hybridized carbons (Fsp3) is 0.300. The third-order valence-corrected chi connectivity index (χ3v) is 5.75. The molecule has 31 heavy (non-hydrogen) atoms. The van der Waals surface area contributed by atoms with Crippen molar-refractivity contribution in [1.29, 1.82) is 0 Å². The van der Waals surface area contributed by atoms with Gasteiger partial charge in [-0.2, -0.15) is 0 Å². The lowest BCUT2D eigenvalue weighted by molar-refractivity contribution is -0.114. The van der Waals surface area contributed by atoms with E-state index in [4.69, 9.17) is 4.74 Å². The molecule has 0 aromatic heterocycles. The van der Waals surface area contributed by atoms with Gasteiger partial charge in [0.15, 0.2) is 11.6 Å². The molecule has 1 heterocycles. The Morgan fingerprint density at radius 3 is 2.42 bits per heavy atom. The molecule has 1 N–H and O–H groups in total. The van der Waals surface area contributed by atoms with E-state index in [0.29, 0.717) is 36.7 Å².